The summed E-state index contributed by atoms with van der Waals surface area (Å²) in [6, 6.07) is 0. The first-order chi connectivity index (χ1) is 6.33. The summed E-state index contributed by atoms with van der Waals surface area (Å²) < 4.78 is 8.30. The highest BCUT2D eigenvalue weighted by molar-refractivity contribution is 9.10. The summed E-state index contributed by atoms with van der Waals surface area (Å²) in [4.78, 5) is 0. The molecule has 1 aromatic rings. The topological polar surface area (TPSA) is 27.1 Å². The molecule has 4 heteroatoms. The Kier molecular flexibility index (Phi) is 5.08. The quantitative estimate of drug-likeness (QED) is 0.722. The first-order valence-electron chi connectivity index (χ1n) is 4.58. The van der Waals surface area contributed by atoms with Gasteiger partial charge in [0, 0.05) is 12.8 Å². The lowest BCUT2D eigenvalue weighted by molar-refractivity contribution is 0.121. The standard InChI is InChI=1S/C9H15BrN2O/c1-2-3-5-13-6-4-12-8-9(10)7-11-12/h7-8H,2-6H2,1H3. The third-order valence-corrected chi connectivity index (χ3v) is 2.12. The Morgan fingerprint density at radius 2 is 2.38 bits per heavy atom. The lowest BCUT2D eigenvalue weighted by Crippen LogP contribution is -2.06. The third-order valence-electron chi connectivity index (χ3n) is 1.71. The zero-order valence-corrected chi connectivity index (χ0v) is 9.46. The summed E-state index contributed by atoms with van der Waals surface area (Å²) in [6.45, 7) is 4.59. The van der Waals surface area contributed by atoms with Gasteiger partial charge in [-0.05, 0) is 22.4 Å². The average Bonchev–Trinajstić information content (AvgIpc) is 2.51. The second-order valence-corrected chi connectivity index (χ2v) is 3.80. The van der Waals surface area contributed by atoms with E-state index in [2.05, 4.69) is 28.0 Å². The second-order valence-electron chi connectivity index (χ2n) is 2.89. The van der Waals surface area contributed by atoms with Crippen molar-refractivity contribution in [3.63, 3.8) is 0 Å². The van der Waals surface area contributed by atoms with E-state index in [1.54, 1.807) is 6.20 Å². The molecule has 0 aliphatic heterocycles. The molecule has 1 heterocycles. The highest BCUT2D eigenvalue weighted by Crippen LogP contribution is 2.05. The molecule has 0 aliphatic carbocycles. The van der Waals surface area contributed by atoms with Crippen molar-refractivity contribution in [2.45, 2.75) is 26.3 Å². The summed E-state index contributed by atoms with van der Waals surface area (Å²) in [5.41, 5.74) is 0. The van der Waals surface area contributed by atoms with Crippen LogP contribution in [0.2, 0.25) is 0 Å². The minimum atomic E-state index is 0.744. The molecular weight excluding hydrogens is 232 g/mol. The van der Waals surface area contributed by atoms with E-state index < -0.39 is 0 Å². The van der Waals surface area contributed by atoms with Crippen molar-refractivity contribution in [3.05, 3.63) is 16.9 Å². The van der Waals surface area contributed by atoms with Gasteiger partial charge < -0.3 is 4.74 Å². The van der Waals surface area contributed by atoms with Gasteiger partial charge in [0.2, 0.25) is 0 Å². The molecule has 0 aliphatic rings. The Bertz CT molecular complexity index is 237. The molecule has 0 aromatic carbocycles. The number of aromatic nitrogens is 2. The van der Waals surface area contributed by atoms with Crippen molar-refractivity contribution in [1.82, 2.24) is 9.78 Å². The summed E-state index contributed by atoms with van der Waals surface area (Å²) in [6.07, 6.45) is 6.06. The molecular formula is C9H15BrN2O. The Hall–Kier alpha value is -0.350. The van der Waals surface area contributed by atoms with Crippen molar-refractivity contribution < 1.29 is 4.74 Å². The number of ether oxygens (including phenoxy) is 1. The fourth-order valence-electron chi connectivity index (χ4n) is 0.967. The molecule has 74 valence electrons. The molecule has 1 aromatic heterocycles. The highest BCUT2D eigenvalue weighted by Gasteiger charge is 1.94. The normalized spacial score (nSPS) is 10.6. The van der Waals surface area contributed by atoms with E-state index in [-0.39, 0.29) is 0 Å². The van der Waals surface area contributed by atoms with E-state index in [1.807, 2.05) is 10.9 Å². The molecule has 0 N–H and O–H groups in total. The first kappa shape index (κ1) is 10.7. The molecule has 13 heavy (non-hydrogen) atoms. The minimum absolute atomic E-state index is 0.744. The van der Waals surface area contributed by atoms with Crippen LogP contribution in [0.25, 0.3) is 0 Å². The van der Waals surface area contributed by atoms with E-state index in [0.29, 0.717) is 0 Å². The van der Waals surface area contributed by atoms with Crippen LogP contribution in [0.4, 0.5) is 0 Å². The molecule has 0 spiro atoms. The van der Waals surface area contributed by atoms with Gasteiger partial charge in [0.05, 0.1) is 23.8 Å². The van der Waals surface area contributed by atoms with E-state index in [1.165, 1.54) is 6.42 Å². The number of hydrogen-bond donors (Lipinski definition) is 0. The van der Waals surface area contributed by atoms with E-state index in [4.69, 9.17) is 4.74 Å². The van der Waals surface area contributed by atoms with E-state index in [0.717, 1.165) is 30.7 Å². The van der Waals surface area contributed by atoms with Gasteiger partial charge in [-0.2, -0.15) is 5.10 Å². The van der Waals surface area contributed by atoms with Gasteiger partial charge in [-0.15, -0.1) is 0 Å². The lowest BCUT2D eigenvalue weighted by Gasteiger charge is -2.02. The smallest absolute Gasteiger partial charge is 0.0662 e. The zero-order valence-electron chi connectivity index (χ0n) is 7.87. The van der Waals surface area contributed by atoms with Crippen molar-refractivity contribution >= 4 is 15.9 Å². The van der Waals surface area contributed by atoms with Gasteiger partial charge in [0.15, 0.2) is 0 Å². The minimum Gasteiger partial charge on any atom is -0.380 e. The maximum atomic E-state index is 5.41. The van der Waals surface area contributed by atoms with Crippen LogP contribution in [0, 0.1) is 0 Å². The lowest BCUT2D eigenvalue weighted by atomic mass is 10.4. The Balaban J connectivity index is 2.06. The van der Waals surface area contributed by atoms with E-state index >= 15 is 0 Å². The van der Waals surface area contributed by atoms with Crippen LogP contribution >= 0.6 is 15.9 Å². The van der Waals surface area contributed by atoms with Crippen LogP contribution in [0.5, 0.6) is 0 Å². The highest BCUT2D eigenvalue weighted by atomic mass is 79.9. The summed E-state index contributed by atoms with van der Waals surface area (Å²) >= 11 is 3.34. The molecule has 0 radical (unpaired) electrons. The molecule has 0 bridgehead atoms. The molecule has 0 atom stereocenters. The fourth-order valence-corrected chi connectivity index (χ4v) is 1.30. The number of halogens is 1. The molecule has 0 unspecified atom stereocenters. The molecule has 0 saturated carbocycles. The summed E-state index contributed by atoms with van der Waals surface area (Å²) in [7, 11) is 0. The van der Waals surface area contributed by atoms with Gasteiger partial charge >= 0.3 is 0 Å². The Morgan fingerprint density at radius 1 is 1.54 bits per heavy atom. The number of hydrogen-bond acceptors (Lipinski definition) is 2. The average molecular weight is 247 g/mol. The maximum absolute atomic E-state index is 5.41. The molecule has 0 saturated heterocycles. The number of rotatable bonds is 6. The van der Waals surface area contributed by atoms with Crippen molar-refractivity contribution in [1.29, 1.82) is 0 Å². The molecule has 1 rings (SSSR count). The van der Waals surface area contributed by atoms with Crippen LogP contribution in [0.3, 0.4) is 0 Å². The monoisotopic (exact) mass is 246 g/mol. The second kappa shape index (κ2) is 6.16. The van der Waals surface area contributed by atoms with Crippen LogP contribution in [-0.2, 0) is 11.3 Å². The van der Waals surface area contributed by atoms with Crippen LogP contribution < -0.4 is 0 Å². The Morgan fingerprint density at radius 3 is 3.00 bits per heavy atom. The first-order valence-corrected chi connectivity index (χ1v) is 5.38. The third kappa shape index (κ3) is 4.43. The SMILES string of the molecule is CCCCOCCn1cc(Br)cn1. The van der Waals surface area contributed by atoms with Gasteiger partial charge in [0.1, 0.15) is 0 Å². The number of unbranched alkanes of at least 4 members (excludes halogenated alkanes) is 1. The van der Waals surface area contributed by atoms with Crippen molar-refractivity contribution in [2.24, 2.45) is 0 Å². The maximum Gasteiger partial charge on any atom is 0.0662 e. The molecule has 3 nitrogen and oxygen atoms in total. The van der Waals surface area contributed by atoms with Crippen LogP contribution in [0.15, 0.2) is 16.9 Å². The van der Waals surface area contributed by atoms with Crippen LogP contribution in [-0.4, -0.2) is 23.0 Å². The zero-order chi connectivity index (χ0) is 9.52. The fraction of sp³-hybridized carbons (Fsp3) is 0.667. The summed E-state index contributed by atoms with van der Waals surface area (Å²) in [5, 5.41) is 4.12. The van der Waals surface area contributed by atoms with Crippen LogP contribution in [0.1, 0.15) is 19.8 Å². The number of nitrogens with zero attached hydrogens (tertiary/aromatic N) is 2. The van der Waals surface area contributed by atoms with Gasteiger partial charge in [-0.25, -0.2) is 0 Å². The molecule has 0 amide bonds. The van der Waals surface area contributed by atoms with Crippen molar-refractivity contribution in [2.75, 3.05) is 13.2 Å². The van der Waals surface area contributed by atoms with Gasteiger partial charge in [-0.1, -0.05) is 13.3 Å². The predicted octanol–water partition coefficient (Wildman–Crippen LogP) is 2.46. The van der Waals surface area contributed by atoms with Crippen molar-refractivity contribution in [3.8, 4) is 0 Å². The van der Waals surface area contributed by atoms with E-state index in [9.17, 15) is 0 Å². The predicted molar refractivity (Wildman–Crippen MR) is 55.7 cm³/mol. The molecule has 0 fully saturated rings. The summed E-state index contributed by atoms with van der Waals surface area (Å²) in [5.74, 6) is 0. The largest absolute Gasteiger partial charge is 0.380 e. The van der Waals surface area contributed by atoms with Gasteiger partial charge in [-0.3, -0.25) is 4.68 Å². The van der Waals surface area contributed by atoms with Gasteiger partial charge in [0.25, 0.3) is 0 Å². The Labute approximate surface area is 87.2 Å².